The summed E-state index contributed by atoms with van der Waals surface area (Å²) in [4.78, 5) is 20.6. The quantitative estimate of drug-likeness (QED) is 0.450. The van der Waals surface area contributed by atoms with Crippen molar-refractivity contribution in [3.8, 4) is 0 Å². The first-order valence-electron chi connectivity index (χ1n) is 5.22. The molecule has 0 saturated heterocycles. The normalized spacial score (nSPS) is 9.94. The van der Waals surface area contributed by atoms with Crippen LogP contribution in [-0.2, 0) is 4.79 Å². The van der Waals surface area contributed by atoms with Crippen molar-refractivity contribution in [1.29, 1.82) is 0 Å². The smallest absolute Gasteiger partial charge is 0.303 e. The van der Waals surface area contributed by atoms with Crippen molar-refractivity contribution in [2.75, 3.05) is 11.9 Å². The zero-order valence-corrected chi connectivity index (χ0v) is 9.47. The summed E-state index contributed by atoms with van der Waals surface area (Å²) in [6.07, 6.45) is 0.568. The van der Waals surface area contributed by atoms with Crippen molar-refractivity contribution >= 4 is 17.3 Å². The Bertz CT molecular complexity index is 431. The van der Waals surface area contributed by atoms with Crippen LogP contribution in [-0.4, -0.2) is 22.5 Å². The lowest BCUT2D eigenvalue weighted by Crippen LogP contribution is -2.06. The average molecular weight is 238 g/mol. The molecule has 0 amide bonds. The van der Waals surface area contributed by atoms with E-state index in [1.165, 1.54) is 6.07 Å². The Balaban J connectivity index is 2.62. The summed E-state index contributed by atoms with van der Waals surface area (Å²) >= 11 is 0. The van der Waals surface area contributed by atoms with Gasteiger partial charge in [0.15, 0.2) is 0 Å². The van der Waals surface area contributed by atoms with Gasteiger partial charge in [-0.05, 0) is 19.4 Å². The van der Waals surface area contributed by atoms with Crippen LogP contribution in [0.25, 0.3) is 0 Å². The van der Waals surface area contributed by atoms with Gasteiger partial charge in [0.2, 0.25) is 0 Å². The summed E-state index contributed by atoms with van der Waals surface area (Å²) < 4.78 is 0. The number of rotatable bonds is 6. The third-order valence-electron chi connectivity index (χ3n) is 2.38. The largest absolute Gasteiger partial charge is 0.481 e. The number of carbonyl (C=O) groups is 1. The molecule has 0 aliphatic heterocycles. The summed E-state index contributed by atoms with van der Waals surface area (Å²) in [5.74, 6) is -0.845. The van der Waals surface area contributed by atoms with E-state index in [1.54, 1.807) is 19.1 Å². The maximum absolute atomic E-state index is 10.7. The van der Waals surface area contributed by atoms with Crippen LogP contribution < -0.4 is 5.32 Å². The molecule has 6 nitrogen and oxygen atoms in total. The molecule has 0 radical (unpaired) electrons. The fraction of sp³-hybridized carbons (Fsp3) is 0.364. The summed E-state index contributed by atoms with van der Waals surface area (Å²) in [6, 6.07) is 4.78. The highest BCUT2D eigenvalue weighted by molar-refractivity contribution is 5.66. The zero-order chi connectivity index (χ0) is 12.8. The molecule has 1 rings (SSSR count). The van der Waals surface area contributed by atoms with E-state index in [-0.39, 0.29) is 12.1 Å². The average Bonchev–Trinajstić information content (AvgIpc) is 2.25. The van der Waals surface area contributed by atoms with Gasteiger partial charge < -0.3 is 10.4 Å². The molecule has 17 heavy (non-hydrogen) atoms. The molecule has 0 bridgehead atoms. The van der Waals surface area contributed by atoms with E-state index in [4.69, 9.17) is 5.11 Å². The standard InChI is InChI=1S/C11H14N2O4/c1-8-9(12-7-3-6-11(14)15)4-2-5-10(8)13(16)17/h2,4-5,12H,3,6-7H2,1H3,(H,14,15). The molecular formula is C11H14N2O4. The number of nitrogens with zero attached hydrogens (tertiary/aromatic N) is 1. The minimum absolute atomic E-state index is 0.0632. The first-order valence-corrected chi connectivity index (χ1v) is 5.22. The topological polar surface area (TPSA) is 92.5 Å². The Kier molecular flexibility index (Phi) is 4.45. The minimum atomic E-state index is -0.845. The molecule has 0 fully saturated rings. The molecule has 0 atom stereocenters. The molecular weight excluding hydrogens is 224 g/mol. The Hall–Kier alpha value is -2.11. The lowest BCUT2D eigenvalue weighted by atomic mass is 10.1. The Morgan fingerprint density at radius 1 is 1.53 bits per heavy atom. The van der Waals surface area contributed by atoms with Gasteiger partial charge in [-0.1, -0.05) is 6.07 Å². The molecule has 0 heterocycles. The lowest BCUT2D eigenvalue weighted by molar-refractivity contribution is -0.385. The van der Waals surface area contributed by atoms with Crippen LogP contribution in [0, 0.1) is 17.0 Å². The van der Waals surface area contributed by atoms with E-state index in [0.29, 0.717) is 24.2 Å². The lowest BCUT2D eigenvalue weighted by Gasteiger charge is -2.08. The number of hydrogen-bond donors (Lipinski definition) is 2. The SMILES string of the molecule is Cc1c(NCCCC(=O)O)cccc1[N+](=O)[O-]. The highest BCUT2D eigenvalue weighted by atomic mass is 16.6. The molecule has 92 valence electrons. The van der Waals surface area contributed by atoms with Crippen LogP contribution >= 0.6 is 0 Å². The molecule has 6 heteroatoms. The first-order chi connectivity index (χ1) is 8.02. The predicted molar refractivity (Wildman–Crippen MR) is 63.2 cm³/mol. The zero-order valence-electron chi connectivity index (χ0n) is 9.47. The molecule has 2 N–H and O–H groups in total. The maximum atomic E-state index is 10.7. The van der Waals surface area contributed by atoms with Gasteiger partial charge in [0.25, 0.3) is 5.69 Å². The number of benzene rings is 1. The summed E-state index contributed by atoms with van der Waals surface area (Å²) in [5.41, 5.74) is 1.30. The minimum Gasteiger partial charge on any atom is -0.481 e. The van der Waals surface area contributed by atoms with Crippen molar-refractivity contribution in [3.63, 3.8) is 0 Å². The van der Waals surface area contributed by atoms with E-state index >= 15 is 0 Å². The van der Waals surface area contributed by atoms with Gasteiger partial charge in [-0.25, -0.2) is 0 Å². The Morgan fingerprint density at radius 2 is 2.24 bits per heavy atom. The summed E-state index contributed by atoms with van der Waals surface area (Å²) in [5, 5.41) is 22.2. The van der Waals surface area contributed by atoms with Gasteiger partial charge in [-0.2, -0.15) is 0 Å². The van der Waals surface area contributed by atoms with Crippen LogP contribution in [0.5, 0.6) is 0 Å². The number of hydrogen-bond acceptors (Lipinski definition) is 4. The Labute approximate surface area is 98.4 Å². The van der Waals surface area contributed by atoms with Gasteiger partial charge in [0, 0.05) is 30.3 Å². The van der Waals surface area contributed by atoms with Gasteiger partial charge in [-0.3, -0.25) is 14.9 Å². The van der Waals surface area contributed by atoms with Crippen LogP contribution in [0.3, 0.4) is 0 Å². The number of aliphatic carboxylic acids is 1. The number of nitro benzene ring substituents is 1. The number of nitrogens with one attached hydrogen (secondary N) is 1. The van der Waals surface area contributed by atoms with Crippen molar-refractivity contribution < 1.29 is 14.8 Å². The van der Waals surface area contributed by atoms with Crippen molar-refractivity contribution in [1.82, 2.24) is 0 Å². The summed E-state index contributed by atoms with van der Waals surface area (Å²) in [6.45, 7) is 2.14. The fourth-order valence-electron chi connectivity index (χ4n) is 1.48. The van der Waals surface area contributed by atoms with Crippen LogP contribution in [0.4, 0.5) is 11.4 Å². The second kappa shape index (κ2) is 5.83. The third-order valence-corrected chi connectivity index (χ3v) is 2.38. The molecule has 0 unspecified atom stereocenters. The molecule has 0 spiro atoms. The van der Waals surface area contributed by atoms with Gasteiger partial charge in [-0.15, -0.1) is 0 Å². The molecule has 1 aromatic rings. The molecule has 0 aliphatic rings. The van der Waals surface area contributed by atoms with E-state index in [1.807, 2.05) is 0 Å². The number of anilines is 1. The van der Waals surface area contributed by atoms with E-state index in [2.05, 4.69) is 5.32 Å². The summed E-state index contributed by atoms with van der Waals surface area (Å²) in [7, 11) is 0. The number of nitro groups is 1. The maximum Gasteiger partial charge on any atom is 0.303 e. The number of carboxylic acids is 1. The van der Waals surface area contributed by atoms with Gasteiger partial charge in [0.05, 0.1) is 4.92 Å². The van der Waals surface area contributed by atoms with E-state index in [9.17, 15) is 14.9 Å². The second-order valence-corrected chi connectivity index (χ2v) is 3.63. The highest BCUT2D eigenvalue weighted by Crippen LogP contribution is 2.24. The van der Waals surface area contributed by atoms with Crippen LogP contribution in [0.1, 0.15) is 18.4 Å². The highest BCUT2D eigenvalue weighted by Gasteiger charge is 2.12. The second-order valence-electron chi connectivity index (χ2n) is 3.63. The van der Waals surface area contributed by atoms with Crippen molar-refractivity contribution in [2.24, 2.45) is 0 Å². The fourth-order valence-corrected chi connectivity index (χ4v) is 1.48. The van der Waals surface area contributed by atoms with E-state index < -0.39 is 10.9 Å². The molecule has 1 aromatic carbocycles. The monoisotopic (exact) mass is 238 g/mol. The number of carboxylic acid groups (broad SMARTS) is 1. The van der Waals surface area contributed by atoms with Crippen LogP contribution in [0.2, 0.25) is 0 Å². The predicted octanol–water partition coefficient (Wildman–Crippen LogP) is 2.18. The molecule has 0 aliphatic carbocycles. The van der Waals surface area contributed by atoms with E-state index in [0.717, 1.165) is 0 Å². The Morgan fingerprint density at radius 3 is 2.82 bits per heavy atom. The molecule has 0 saturated carbocycles. The van der Waals surface area contributed by atoms with Crippen molar-refractivity contribution in [2.45, 2.75) is 19.8 Å². The van der Waals surface area contributed by atoms with Gasteiger partial charge >= 0.3 is 5.97 Å². The third kappa shape index (κ3) is 3.75. The van der Waals surface area contributed by atoms with Gasteiger partial charge in [0.1, 0.15) is 0 Å². The van der Waals surface area contributed by atoms with Crippen LogP contribution in [0.15, 0.2) is 18.2 Å². The van der Waals surface area contributed by atoms with Crippen molar-refractivity contribution in [3.05, 3.63) is 33.9 Å². The molecule has 0 aromatic heterocycles. The first kappa shape index (κ1) is 13.0.